The molecule has 2 aromatic heterocycles. The third-order valence-corrected chi connectivity index (χ3v) is 4.28. The summed E-state index contributed by atoms with van der Waals surface area (Å²) in [7, 11) is 1.60. The third-order valence-electron chi connectivity index (χ3n) is 4.28. The lowest BCUT2D eigenvalue weighted by molar-refractivity contribution is -0.111. The summed E-state index contributed by atoms with van der Waals surface area (Å²) in [5.74, 6) is 0.539. The summed E-state index contributed by atoms with van der Waals surface area (Å²) in [5.41, 5.74) is 2.16. The second kappa shape index (κ2) is 12.7. The van der Waals surface area contributed by atoms with E-state index in [-0.39, 0.29) is 25.1 Å². The molecular formula is C24H28N6O4. The first-order valence-corrected chi connectivity index (χ1v) is 10.0. The lowest BCUT2D eigenvalue weighted by Gasteiger charge is -2.13. The van der Waals surface area contributed by atoms with Crippen molar-refractivity contribution in [3.05, 3.63) is 67.0 Å². The minimum absolute atomic E-state index is 0. The SMILES string of the molecule is C.C=CC(=O)Nc1cccc(Nc2nc(Nc3ccc(OCCOC)nc3)ncc2C(C)=O)c1. The van der Waals surface area contributed by atoms with Gasteiger partial charge in [0.15, 0.2) is 5.78 Å². The largest absolute Gasteiger partial charge is 0.475 e. The predicted molar refractivity (Wildman–Crippen MR) is 132 cm³/mol. The number of methoxy groups -OCH3 is 1. The second-order valence-corrected chi connectivity index (χ2v) is 6.76. The Bertz CT molecular complexity index is 1130. The van der Waals surface area contributed by atoms with E-state index >= 15 is 0 Å². The molecule has 0 bridgehead atoms. The van der Waals surface area contributed by atoms with E-state index in [1.165, 1.54) is 19.2 Å². The molecule has 0 aliphatic rings. The lowest BCUT2D eigenvalue weighted by atomic mass is 10.2. The van der Waals surface area contributed by atoms with Gasteiger partial charge in [-0.2, -0.15) is 4.98 Å². The molecule has 10 nitrogen and oxygen atoms in total. The number of hydrogen-bond donors (Lipinski definition) is 3. The zero-order valence-corrected chi connectivity index (χ0v) is 18.3. The average Bonchev–Trinajstić information content (AvgIpc) is 2.80. The van der Waals surface area contributed by atoms with E-state index in [4.69, 9.17) is 9.47 Å². The van der Waals surface area contributed by atoms with Crippen LogP contribution >= 0.6 is 0 Å². The molecular weight excluding hydrogens is 436 g/mol. The molecule has 178 valence electrons. The molecule has 34 heavy (non-hydrogen) atoms. The predicted octanol–water partition coefficient (Wildman–Crippen LogP) is 4.35. The minimum atomic E-state index is -0.325. The van der Waals surface area contributed by atoms with Gasteiger partial charge >= 0.3 is 0 Å². The number of anilines is 5. The number of benzene rings is 1. The molecule has 3 aromatic rings. The normalized spacial score (nSPS) is 9.94. The molecule has 0 fully saturated rings. The number of ether oxygens (including phenoxy) is 2. The van der Waals surface area contributed by atoms with E-state index in [1.807, 2.05) is 0 Å². The quantitative estimate of drug-likeness (QED) is 0.216. The molecule has 0 aliphatic carbocycles. The standard InChI is InChI=1S/C23H24N6O4.CH4/c1-4-20(31)26-16-6-5-7-17(12-16)27-22-19(15(2)30)14-25-23(29-22)28-18-8-9-21(24-13-18)33-11-10-32-3;/h4-9,12-14H,1,10-11H2,2-3H3,(H,26,31)(H2,25,27,28,29);1H4. The van der Waals surface area contributed by atoms with Crippen LogP contribution in [0, 0.1) is 0 Å². The number of nitrogens with one attached hydrogen (secondary N) is 3. The fraction of sp³-hybridized carbons (Fsp3) is 0.208. The van der Waals surface area contributed by atoms with Crippen molar-refractivity contribution in [1.82, 2.24) is 15.0 Å². The molecule has 3 rings (SSSR count). The number of Topliss-reactive ketones (excluding diaryl/α,β-unsaturated/α-hetero) is 1. The average molecular weight is 465 g/mol. The van der Waals surface area contributed by atoms with Crippen LogP contribution in [0.25, 0.3) is 0 Å². The first-order valence-electron chi connectivity index (χ1n) is 10.0. The molecule has 10 heteroatoms. The van der Waals surface area contributed by atoms with E-state index < -0.39 is 0 Å². The van der Waals surface area contributed by atoms with Crippen LogP contribution in [-0.2, 0) is 9.53 Å². The fourth-order valence-corrected chi connectivity index (χ4v) is 2.70. The molecule has 0 unspecified atom stereocenters. The van der Waals surface area contributed by atoms with Crippen LogP contribution in [0.3, 0.4) is 0 Å². The van der Waals surface area contributed by atoms with Crippen molar-refractivity contribution >= 4 is 40.5 Å². The van der Waals surface area contributed by atoms with Gasteiger partial charge in [-0.1, -0.05) is 20.1 Å². The zero-order valence-electron chi connectivity index (χ0n) is 18.3. The van der Waals surface area contributed by atoms with Crippen LogP contribution in [0.5, 0.6) is 5.88 Å². The molecule has 0 atom stereocenters. The van der Waals surface area contributed by atoms with Gasteiger partial charge in [0, 0.05) is 30.7 Å². The monoisotopic (exact) mass is 464 g/mol. The number of carbonyl (C=O) groups is 2. The molecule has 0 radical (unpaired) electrons. The van der Waals surface area contributed by atoms with Crippen molar-refractivity contribution in [2.45, 2.75) is 14.4 Å². The Morgan fingerprint density at radius 3 is 2.50 bits per heavy atom. The highest BCUT2D eigenvalue weighted by molar-refractivity contribution is 6.00. The van der Waals surface area contributed by atoms with Gasteiger partial charge in [0.1, 0.15) is 12.4 Å². The maximum Gasteiger partial charge on any atom is 0.247 e. The number of nitrogens with zero attached hydrogens (tertiary/aromatic N) is 3. The van der Waals surface area contributed by atoms with Gasteiger partial charge in [-0.05, 0) is 37.3 Å². The smallest absolute Gasteiger partial charge is 0.247 e. The first kappa shape index (κ1) is 25.9. The molecule has 0 spiro atoms. The summed E-state index contributed by atoms with van der Waals surface area (Å²) in [6, 6.07) is 10.5. The third kappa shape index (κ3) is 7.38. The summed E-state index contributed by atoms with van der Waals surface area (Å²) in [6.07, 6.45) is 4.21. The summed E-state index contributed by atoms with van der Waals surface area (Å²) < 4.78 is 10.4. The van der Waals surface area contributed by atoms with Gasteiger partial charge in [-0.25, -0.2) is 9.97 Å². The lowest BCUT2D eigenvalue weighted by Crippen LogP contribution is -2.09. The van der Waals surface area contributed by atoms with Crippen LogP contribution in [0.4, 0.5) is 28.8 Å². The minimum Gasteiger partial charge on any atom is -0.475 e. The maximum absolute atomic E-state index is 12.1. The van der Waals surface area contributed by atoms with Gasteiger partial charge in [-0.15, -0.1) is 0 Å². The summed E-state index contributed by atoms with van der Waals surface area (Å²) in [6.45, 7) is 5.74. The summed E-state index contributed by atoms with van der Waals surface area (Å²) >= 11 is 0. The van der Waals surface area contributed by atoms with Crippen LogP contribution in [0.1, 0.15) is 24.7 Å². The van der Waals surface area contributed by atoms with Crippen molar-refractivity contribution in [2.75, 3.05) is 36.3 Å². The van der Waals surface area contributed by atoms with E-state index in [1.54, 1.807) is 49.7 Å². The number of rotatable bonds is 11. The van der Waals surface area contributed by atoms with Gasteiger partial charge in [0.05, 0.1) is 24.1 Å². The van der Waals surface area contributed by atoms with Gasteiger partial charge in [-0.3, -0.25) is 9.59 Å². The van der Waals surface area contributed by atoms with E-state index in [0.717, 1.165) is 0 Å². The van der Waals surface area contributed by atoms with Crippen molar-refractivity contribution in [3.63, 3.8) is 0 Å². The Hall–Kier alpha value is -4.31. The van der Waals surface area contributed by atoms with Gasteiger partial charge in [0.25, 0.3) is 0 Å². The van der Waals surface area contributed by atoms with Gasteiger partial charge in [0.2, 0.25) is 17.7 Å². The van der Waals surface area contributed by atoms with Crippen molar-refractivity contribution in [1.29, 1.82) is 0 Å². The van der Waals surface area contributed by atoms with E-state index in [2.05, 4.69) is 37.5 Å². The first-order chi connectivity index (χ1) is 16.0. The Labute approximate surface area is 198 Å². The van der Waals surface area contributed by atoms with Crippen molar-refractivity contribution < 1.29 is 19.1 Å². The molecule has 0 saturated heterocycles. The second-order valence-electron chi connectivity index (χ2n) is 6.76. The Morgan fingerprint density at radius 1 is 1.03 bits per heavy atom. The Kier molecular flexibility index (Phi) is 9.66. The number of amides is 1. The number of ketones is 1. The molecule has 0 saturated carbocycles. The molecule has 1 aromatic carbocycles. The topological polar surface area (TPSA) is 127 Å². The Morgan fingerprint density at radius 2 is 1.82 bits per heavy atom. The summed E-state index contributed by atoms with van der Waals surface area (Å²) in [5, 5.41) is 8.85. The highest BCUT2D eigenvalue weighted by atomic mass is 16.5. The highest BCUT2D eigenvalue weighted by Gasteiger charge is 2.13. The van der Waals surface area contributed by atoms with Crippen molar-refractivity contribution in [2.24, 2.45) is 0 Å². The number of carbonyl (C=O) groups excluding carboxylic acids is 2. The Balaban J connectivity index is 0.00000408. The van der Waals surface area contributed by atoms with E-state index in [0.29, 0.717) is 47.5 Å². The van der Waals surface area contributed by atoms with Crippen LogP contribution in [-0.4, -0.2) is 47.0 Å². The molecule has 0 aliphatic heterocycles. The van der Waals surface area contributed by atoms with Crippen molar-refractivity contribution in [3.8, 4) is 5.88 Å². The molecule has 2 heterocycles. The molecule has 1 amide bonds. The van der Waals surface area contributed by atoms with Gasteiger partial charge < -0.3 is 25.4 Å². The maximum atomic E-state index is 12.1. The number of aromatic nitrogens is 3. The van der Waals surface area contributed by atoms with Crippen LogP contribution in [0.2, 0.25) is 0 Å². The fourth-order valence-electron chi connectivity index (χ4n) is 2.70. The van der Waals surface area contributed by atoms with Crippen LogP contribution < -0.4 is 20.7 Å². The highest BCUT2D eigenvalue weighted by Crippen LogP contribution is 2.24. The molecule has 3 N–H and O–H groups in total. The van der Waals surface area contributed by atoms with Crippen LogP contribution in [0.15, 0.2) is 61.4 Å². The number of hydrogen-bond acceptors (Lipinski definition) is 9. The zero-order chi connectivity index (χ0) is 23.6. The van der Waals surface area contributed by atoms with E-state index in [9.17, 15) is 9.59 Å². The summed E-state index contributed by atoms with van der Waals surface area (Å²) in [4.78, 5) is 36.5. The number of pyridine rings is 1.